The van der Waals surface area contributed by atoms with Crippen molar-refractivity contribution in [1.29, 1.82) is 0 Å². The molecule has 1 aromatic carbocycles. The summed E-state index contributed by atoms with van der Waals surface area (Å²) < 4.78 is 10.6. The number of rotatable bonds is 3. The quantitative estimate of drug-likeness (QED) is 0.818. The van der Waals surface area contributed by atoms with E-state index in [1.165, 1.54) is 6.20 Å². The van der Waals surface area contributed by atoms with Gasteiger partial charge in [-0.25, -0.2) is 4.98 Å². The molecule has 0 atom stereocenters. The van der Waals surface area contributed by atoms with Crippen molar-refractivity contribution in [2.24, 2.45) is 0 Å². The van der Waals surface area contributed by atoms with Gasteiger partial charge in [-0.15, -0.1) is 0 Å². The summed E-state index contributed by atoms with van der Waals surface area (Å²) in [7, 11) is 1.74. The fourth-order valence-electron chi connectivity index (χ4n) is 2.14. The van der Waals surface area contributed by atoms with E-state index >= 15 is 0 Å². The second-order valence-corrected chi connectivity index (χ2v) is 5.10. The van der Waals surface area contributed by atoms with Crippen molar-refractivity contribution in [3.63, 3.8) is 0 Å². The number of ether oxygens (including phenoxy) is 2. The first-order valence-corrected chi connectivity index (χ1v) is 6.77. The van der Waals surface area contributed by atoms with Crippen LogP contribution in [-0.4, -0.2) is 29.6 Å². The maximum absolute atomic E-state index is 12.3. The van der Waals surface area contributed by atoms with E-state index in [2.05, 4.69) is 4.98 Å². The second kappa shape index (κ2) is 5.61. The molecule has 5 nitrogen and oxygen atoms in total. The minimum Gasteiger partial charge on any atom is -0.454 e. The van der Waals surface area contributed by atoms with Gasteiger partial charge in [0, 0.05) is 25.4 Å². The fourth-order valence-corrected chi connectivity index (χ4v) is 2.31. The molecule has 0 fully saturated rings. The maximum atomic E-state index is 12.3. The highest BCUT2D eigenvalue weighted by Gasteiger charge is 2.16. The number of hydrogen-bond donors (Lipinski definition) is 0. The van der Waals surface area contributed by atoms with Gasteiger partial charge in [-0.05, 0) is 29.8 Å². The van der Waals surface area contributed by atoms with Gasteiger partial charge < -0.3 is 14.4 Å². The highest BCUT2D eigenvalue weighted by molar-refractivity contribution is 6.29. The summed E-state index contributed by atoms with van der Waals surface area (Å²) >= 11 is 5.81. The van der Waals surface area contributed by atoms with Crippen molar-refractivity contribution in [2.75, 3.05) is 13.8 Å². The van der Waals surface area contributed by atoms with Crippen LogP contribution in [0.1, 0.15) is 15.9 Å². The first-order chi connectivity index (χ1) is 10.1. The number of amides is 1. The van der Waals surface area contributed by atoms with Crippen molar-refractivity contribution >= 4 is 17.5 Å². The summed E-state index contributed by atoms with van der Waals surface area (Å²) in [5.74, 6) is 1.32. The van der Waals surface area contributed by atoms with Crippen molar-refractivity contribution in [3.8, 4) is 11.5 Å². The van der Waals surface area contributed by atoms with Crippen LogP contribution in [0, 0.1) is 0 Å². The number of aromatic nitrogens is 1. The number of fused-ring (bicyclic) bond motifs is 1. The molecular weight excluding hydrogens is 292 g/mol. The minimum absolute atomic E-state index is 0.114. The normalized spacial score (nSPS) is 12.3. The molecule has 1 aliphatic heterocycles. The first-order valence-electron chi connectivity index (χ1n) is 6.39. The molecule has 0 saturated carbocycles. The van der Waals surface area contributed by atoms with E-state index in [0.29, 0.717) is 23.0 Å². The van der Waals surface area contributed by atoms with Crippen LogP contribution >= 0.6 is 11.6 Å². The lowest BCUT2D eigenvalue weighted by Crippen LogP contribution is -2.26. The van der Waals surface area contributed by atoms with E-state index < -0.39 is 0 Å². The highest BCUT2D eigenvalue weighted by atomic mass is 35.5. The topological polar surface area (TPSA) is 51.7 Å². The molecule has 1 aromatic heterocycles. The molecule has 0 unspecified atom stereocenters. The summed E-state index contributed by atoms with van der Waals surface area (Å²) in [6, 6.07) is 8.84. The number of carbonyl (C=O) groups is 1. The van der Waals surface area contributed by atoms with Crippen LogP contribution in [0.3, 0.4) is 0 Å². The van der Waals surface area contributed by atoms with Gasteiger partial charge >= 0.3 is 0 Å². The van der Waals surface area contributed by atoms with Crippen molar-refractivity contribution in [3.05, 3.63) is 52.8 Å². The molecule has 0 N–H and O–H groups in total. The van der Waals surface area contributed by atoms with Crippen LogP contribution in [0.4, 0.5) is 0 Å². The van der Waals surface area contributed by atoms with Gasteiger partial charge in [-0.3, -0.25) is 4.79 Å². The third-order valence-electron chi connectivity index (χ3n) is 3.18. The zero-order chi connectivity index (χ0) is 14.8. The van der Waals surface area contributed by atoms with Crippen LogP contribution in [-0.2, 0) is 6.54 Å². The van der Waals surface area contributed by atoms with Gasteiger partial charge in [0.2, 0.25) is 6.79 Å². The molecule has 0 radical (unpaired) electrons. The Balaban J connectivity index is 1.74. The molecule has 21 heavy (non-hydrogen) atoms. The predicted molar refractivity (Wildman–Crippen MR) is 77.6 cm³/mol. The molecule has 1 aliphatic rings. The molecule has 0 spiro atoms. The van der Waals surface area contributed by atoms with Gasteiger partial charge in [-0.2, -0.15) is 0 Å². The van der Waals surface area contributed by atoms with Gasteiger partial charge in [0.15, 0.2) is 11.5 Å². The Hall–Kier alpha value is -2.27. The number of carbonyl (C=O) groups excluding carboxylic acids is 1. The van der Waals surface area contributed by atoms with Crippen LogP contribution in [0.15, 0.2) is 36.5 Å². The molecule has 0 aliphatic carbocycles. The van der Waals surface area contributed by atoms with Crippen LogP contribution < -0.4 is 9.47 Å². The van der Waals surface area contributed by atoms with Crippen molar-refractivity contribution < 1.29 is 14.3 Å². The predicted octanol–water partition coefficient (Wildman–Crippen LogP) is 2.74. The lowest BCUT2D eigenvalue weighted by atomic mass is 10.1. The Bertz CT molecular complexity index is 690. The molecule has 1 amide bonds. The summed E-state index contributed by atoms with van der Waals surface area (Å²) in [5, 5.41) is 0.303. The summed E-state index contributed by atoms with van der Waals surface area (Å²) in [6.45, 7) is 0.707. The Morgan fingerprint density at radius 1 is 1.29 bits per heavy atom. The van der Waals surface area contributed by atoms with Crippen LogP contribution in [0.25, 0.3) is 0 Å². The zero-order valence-corrected chi connectivity index (χ0v) is 12.1. The number of hydrogen-bond acceptors (Lipinski definition) is 4. The lowest BCUT2D eigenvalue weighted by Gasteiger charge is -2.17. The Labute approximate surface area is 127 Å². The van der Waals surface area contributed by atoms with E-state index in [1.54, 1.807) is 24.1 Å². The van der Waals surface area contributed by atoms with Gasteiger partial charge in [0.05, 0.1) is 0 Å². The fraction of sp³-hybridized carbons (Fsp3) is 0.200. The SMILES string of the molecule is CN(Cc1ccc2c(c1)OCO2)C(=O)c1ccnc(Cl)c1. The van der Waals surface area contributed by atoms with E-state index in [4.69, 9.17) is 21.1 Å². The van der Waals surface area contributed by atoms with Crippen molar-refractivity contribution in [1.82, 2.24) is 9.88 Å². The molecule has 3 rings (SSSR count). The third-order valence-corrected chi connectivity index (χ3v) is 3.38. The summed E-state index contributed by atoms with van der Waals surface area (Å²) in [4.78, 5) is 17.8. The van der Waals surface area contributed by atoms with E-state index in [-0.39, 0.29) is 12.7 Å². The molecule has 2 heterocycles. The number of pyridine rings is 1. The van der Waals surface area contributed by atoms with Gasteiger partial charge in [-0.1, -0.05) is 17.7 Å². The molecule has 0 saturated heterocycles. The summed E-state index contributed by atoms with van der Waals surface area (Å²) in [5.41, 5.74) is 1.48. The number of halogens is 1. The van der Waals surface area contributed by atoms with E-state index in [0.717, 1.165) is 11.3 Å². The van der Waals surface area contributed by atoms with E-state index in [9.17, 15) is 4.79 Å². The Morgan fingerprint density at radius 2 is 2.10 bits per heavy atom. The zero-order valence-electron chi connectivity index (χ0n) is 11.4. The molecule has 6 heteroatoms. The molecule has 108 valence electrons. The monoisotopic (exact) mass is 304 g/mol. The largest absolute Gasteiger partial charge is 0.454 e. The number of nitrogens with zero attached hydrogens (tertiary/aromatic N) is 2. The average Bonchev–Trinajstić information content (AvgIpc) is 2.94. The summed E-state index contributed by atoms with van der Waals surface area (Å²) in [6.07, 6.45) is 1.52. The smallest absolute Gasteiger partial charge is 0.254 e. The van der Waals surface area contributed by atoms with Crippen LogP contribution in [0.5, 0.6) is 11.5 Å². The first kappa shape index (κ1) is 13.7. The molecule has 2 aromatic rings. The van der Waals surface area contributed by atoms with Gasteiger partial charge in [0.1, 0.15) is 5.15 Å². The Morgan fingerprint density at radius 3 is 2.90 bits per heavy atom. The van der Waals surface area contributed by atoms with Crippen molar-refractivity contribution in [2.45, 2.75) is 6.54 Å². The lowest BCUT2D eigenvalue weighted by molar-refractivity contribution is 0.0785. The second-order valence-electron chi connectivity index (χ2n) is 4.72. The Kier molecular flexibility index (Phi) is 3.66. The maximum Gasteiger partial charge on any atom is 0.254 e. The van der Waals surface area contributed by atoms with Gasteiger partial charge in [0.25, 0.3) is 5.91 Å². The molecular formula is C15H13ClN2O3. The number of benzene rings is 1. The molecule has 0 bridgehead atoms. The average molecular weight is 305 g/mol. The third kappa shape index (κ3) is 2.92. The standard InChI is InChI=1S/C15H13ClN2O3/c1-18(15(19)11-4-5-17-14(16)7-11)8-10-2-3-12-13(6-10)21-9-20-12/h2-7H,8-9H2,1H3. The minimum atomic E-state index is -0.114. The van der Waals surface area contributed by atoms with Crippen LogP contribution in [0.2, 0.25) is 5.15 Å². The highest BCUT2D eigenvalue weighted by Crippen LogP contribution is 2.32. The van der Waals surface area contributed by atoms with E-state index in [1.807, 2.05) is 18.2 Å².